The van der Waals surface area contributed by atoms with Crippen molar-refractivity contribution in [3.05, 3.63) is 0 Å². The van der Waals surface area contributed by atoms with E-state index >= 15 is 0 Å². The minimum atomic E-state index is -0.0931. The normalized spacial score (nSPS) is 38.2. The first kappa shape index (κ1) is 9.00. The lowest BCUT2D eigenvalue weighted by atomic mass is 10.0. The second-order valence-corrected chi connectivity index (χ2v) is 4.52. The van der Waals surface area contributed by atoms with Crippen molar-refractivity contribution in [2.24, 2.45) is 17.8 Å². The van der Waals surface area contributed by atoms with E-state index in [2.05, 4.69) is 5.32 Å². The molecule has 0 radical (unpaired) electrons. The van der Waals surface area contributed by atoms with E-state index in [1.807, 2.05) is 6.92 Å². The summed E-state index contributed by atoms with van der Waals surface area (Å²) in [6.45, 7) is 1.86. The summed E-state index contributed by atoms with van der Waals surface area (Å²) in [7, 11) is 0. The van der Waals surface area contributed by atoms with Gasteiger partial charge in [-0.15, -0.1) is 0 Å². The van der Waals surface area contributed by atoms with Gasteiger partial charge in [0.15, 0.2) is 0 Å². The van der Waals surface area contributed by atoms with Crippen molar-refractivity contribution in [3.8, 4) is 0 Å². The van der Waals surface area contributed by atoms with E-state index in [0.717, 1.165) is 24.7 Å². The average molecular weight is 183 g/mol. The maximum atomic E-state index is 11.6. The number of rotatable bonds is 3. The highest BCUT2D eigenvalue weighted by molar-refractivity contribution is 5.79. The Kier molecular flexibility index (Phi) is 2.28. The largest absolute Gasteiger partial charge is 0.394 e. The van der Waals surface area contributed by atoms with E-state index in [-0.39, 0.29) is 24.5 Å². The van der Waals surface area contributed by atoms with Crippen LogP contribution in [0.25, 0.3) is 0 Å². The molecule has 3 atom stereocenters. The summed E-state index contributed by atoms with van der Waals surface area (Å²) in [4.78, 5) is 11.6. The maximum Gasteiger partial charge on any atom is 0.223 e. The van der Waals surface area contributed by atoms with Gasteiger partial charge in [-0.3, -0.25) is 4.79 Å². The first-order chi connectivity index (χ1) is 6.20. The van der Waals surface area contributed by atoms with Crippen LogP contribution in [0.4, 0.5) is 0 Å². The Hall–Kier alpha value is -0.570. The Morgan fingerprint density at radius 3 is 2.62 bits per heavy atom. The van der Waals surface area contributed by atoms with E-state index in [1.54, 1.807) is 0 Å². The predicted molar refractivity (Wildman–Crippen MR) is 49.0 cm³/mol. The summed E-state index contributed by atoms with van der Waals surface area (Å²) in [5.74, 6) is 2.08. The summed E-state index contributed by atoms with van der Waals surface area (Å²) in [5.41, 5.74) is 0. The zero-order chi connectivity index (χ0) is 9.42. The molecular formula is C10H17NO2. The van der Waals surface area contributed by atoms with Gasteiger partial charge in [0.1, 0.15) is 0 Å². The van der Waals surface area contributed by atoms with Crippen LogP contribution in [0.5, 0.6) is 0 Å². The lowest BCUT2D eigenvalue weighted by Gasteiger charge is -2.15. The van der Waals surface area contributed by atoms with Gasteiger partial charge in [0.25, 0.3) is 0 Å². The third kappa shape index (κ3) is 1.85. The number of carbonyl (C=O) groups excluding carboxylic acids is 1. The van der Waals surface area contributed by atoms with Gasteiger partial charge in [-0.05, 0) is 38.0 Å². The Balaban J connectivity index is 1.77. The zero-order valence-corrected chi connectivity index (χ0v) is 7.99. The van der Waals surface area contributed by atoms with Gasteiger partial charge in [0.2, 0.25) is 5.91 Å². The van der Waals surface area contributed by atoms with E-state index in [4.69, 9.17) is 5.11 Å². The number of fused-ring (bicyclic) bond motifs is 1. The first-order valence-electron chi connectivity index (χ1n) is 5.12. The number of nitrogens with one attached hydrogen (secondary N) is 1. The lowest BCUT2D eigenvalue weighted by molar-refractivity contribution is -0.126. The van der Waals surface area contributed by atoms with Crippen molar-refractivity contribution in [3.63, 3.8) is 0 Å². The van der Waals surface area contributed by atoms with Crippen LogP contribution in [0.2, 0.25) is 0 Å². The third-order valence-electron chi connectivity index (χ3n) is 3.28. The Morgan fingerprint density at radius 1 is 1.46 bits per heavy atom. The first-order valence-corrected chi connectivity index (χ1v) is 5.12. The molecule has 0 bridgehead atoms. The molecule has 1 amide bonds. The van der Waals surface area contributed by atoms with Gasteiger partial charge in [-0.25, -0.2) is 0 Å². The third-order valence-corrected chi connectivity index (χ3v) is 3.28. The van der Waals surface area contributed by atoms with Crippen molar-refractivity contribution in [2.75, 3.05) is 6.61 Å². The summed E-state index contributed by atoms with van der Waals surface area (Å²) in [5, 5.41) is 11.6. The molecule has 2 aliphatic carbocycles. The highest BCUT2D eigenvalue weighted by atomic mass is 16.3. The maximum absolute atomic E-state index is 11.6. The molecule has 3 nitrogen and oxygen atoms in total. The molecule has 2 saturated carbocycles. The van der Waals surface area contributed by atoms with E-state index in [0.29, 0.717) is 0 Å². The van der Waals surface area contributed by atoms with Crippen molar-refractivity contribution in [1.82, 2.24) is 5.32 Å². The summed E-state index contributed by atoms with van der Waals surface area (Å²) in [6.07, 6.45) is 3.50. The van der Waals surface area contributed by atoms with Gasteiger partial charge < -0.3 is 10.4 Å². The van der Waals surface area contributed by atoms with Crippen molar-refractivity contribution < 1.29 is 9.90 Å². The fraction of sp³-hybridized carbons (Fsp3) is 0.900. The van der Waals surface area contributed by atoms with Gasteiger partial charge >= 0.3 is 0 Å². The number of aliphatic hydroxyl groups excluding tert-OH is 1. The number of hydrogen-bond acceptors (Lipinski definition) is 2. The highest BCUT2D eigenvalue weighted by Gasteiger charge is 2.47. The molecule has 3 unspecified atom stereocenters. The van der Waals surface area contributed by atoms with Gasteiger partial charge in [0.05, 0.1) is 6.61 Å². The standard InChI is InChI=1S/C10H17NO2/c1-6(5-12)11-10(13)9-3-7-2-8(7)4-9/h6-9,12H,2-5H2,1H3,(H,11,13). The van der Waals surface area contributed by atoms with E-state index in [1.165, 1.54) is 6.42 Å². The monoisotopic (exact) mass is 183 g/mol. The molecule has 2 rings (SSSR count). The SMILES string of the molecule is CC(CO)NC(=O)C1CC2CC2C1. The molecule has 0 aromatic rings. The smallest absolute Gasteiger partial charge is 0.223 e. The number of amides is 1. The summed E-state index contributed by atoms with van der Waals surface area (Å²) >= 11 is 0. The molecule has 0 saturated heterocycles. The van der Waals surface area contributed by atoms with Crippen molar-refractivity contribution in [2.45, 2.75) is 32.2 Å². The summed E-state index contributed by atoms with van der Waals surface area (Å²) in [6, 6.07) is -0.0931. The minimum Gasteiger partial charge on any atom is -0.394 e. The lowest BCUT2D eigenvalue weighted by Crippen LogP contribution is -2.38. The Bertz CT molecular complexity index is 207. The fourth-order valence-corrected chi connectivity index (χ4v) is 2.34. The number of carbonyl (C=O) groups is 1. The molecular weight excluding hydrogens is 166 g/mol. The molecule has 0 aliphatic heterocycles. The van der Waals surface area contributed by atoms with Gasteiger partial charge in [-0.1, -0.05) is 0 Å². The molecule has 74 valence electrons. The molecule has 0 aromatic heterocycles. The van der Waals surface area contributed by atoms with Crippen LogP contribution >= 0.6 is 0 Å². The van der Waals surface area contributed by atoms with Crippen molar-refractivity contribution in [1.29, 1.82) is 0 Å². The molecule has 0 spiro atoms. The van der Waals surface area contributed by atoms with Crippen LogP contribution in [-0.4, -0.2) is 23.7 Å². The predicted octanol–water partition coefficient (Wildman–Crippen LogP) is 0.529. The molecule has 2 aliphatic rings. The van der Waals surface area contributed by atoms with Crippen LogP contribution < -0.4 is 5.32 Å². The zero-order valence-electron chi connectivity index (χ0n) is 7.99. The molecule has 13 heavy (non-hydrogen) atoms. The van der Waals surface area contributed by atoms with Gasteiger partial charge in [-0.2, -0.15) is 0 Å². The van der Waals surface area contributed by atoms with Crippen LogP contribution in [-0.2, 0) is 4.79 Å². The molecule has 3 heteroatoms. The van der Waals surface area contributed by atoms with E-state index in [9.17, 15) is 4.79 Å². The molecule has 0 heterocycles. The average Bonchev–Trinajstić information content (AvgIpc) is 2.73. The minimum absolute atomic E-state index is 0.0331. The number of aliphatic hydroxyl groups is 1. The highest BCUT2D eigenvalue weighted by Crippen LogP contribution is 2.54. The van der Waals surface area contributed by atoms with Crippen LogP contribution in [0.3, 0.4) is 0 Å². The van der Waals surface area contributed by atoms with Crippen molar-refractivity contribution >= 4 is 5.91 Å². The Morgan fingerprint density at radius 2 is 2.08 bits per heavy atom. The number of hydrogen-bond donors (Lipinski definition) is 2. The molecule has 2 fully saturated rings. The molecule has 2 N–H and O–H groups in total. The fourth-order valence-electron chi connectivity index (χ4n) is 2.34. The second-order valence-electron chi connectivity index (χ2n) is 4.52. The van der Waals surface area contributed by atoms with Crippen LogP contribution in [0.1, 0.15) is 26.2 Å². The Labute approximate surface area is 78.5 Å². The summed E-state index contributed by atoms with van der Waals surface area (Å²) < 4.78 is 0. The quantitative estimate of drug-likeness (QED) is 0.670. The van der Waals surface area contributed by atoms with Crippen LogP contribution in [0, 0.1) is 17.8 Å². The molecule has 0 aromatic carbocycles. The van der Waals surface area contributed by atoms with Gasteiger partial charge in [0, 0.05) is 12.0 Å². The van der Waals surface area contributed by atoms with E-state index < -0.39 is 0 Å². The van der Waals surface area contributed by atoms with Crippen LogP contribution in [0.15, 0.2) is 0 Å². The second kappa shape index (κ2) is 3.29. The topological polar surface area (TPSA) is 49.3 Å².